The summed E-state index contributed by atoms with van der Waals surface area (Å²) in [4.78, 5) is 11.5. The Kier molecular flexibility index (Phi) is 3.67. The second-order valence-electron chi connectivity index (χ2n) is 4.18. The van der Waals surface area contributed by atoms with Crippen molar-refractivity contribution in [2.75, 3.05) is 6.61 Å². The highest BCUT2D eigenvalue weighted by atomic mass is 16.5. The van der Waals surface area contributed by atoms with Gasteiger partial charge in [0, 0.05) is 17.0 Å². The van der Waals surface area contributed by atoms with Crippen LogP contribution in [0.2, 0.25) is 0 Å². The minimum absolute atomic E-state index is 0.165. The Morgan fingerprint density at radius 1 is 1.44 bits per heavy atom. The molecule has 0 bridgehead atoms. The first-order valence-corrected chi connectivity index (χ1v) is 6.02. The molecule has 2 N–H and O–H groups in total. The number of nitrogens with two attached hydrogens (primary N) is 1. The van der Waals surface area contributed by atoms with Gasteiger partial charge in [-0.05, 0) is 19.9 Å². The van der Waals surface area contributed by atoms with Crippen molar-refractivity contribution in [1.29, 1.82) is 0 Å². The molecule has 2 rings (SSSR count). The number of rotatable bonds is 4. The van der Waals surface area contributed by atoms with E-state index in [1.165, 1.54) is 0 Å². The van der Waals surface area contributed by atoms with E-state index in [0.717, 1.165) is 22.3 Å². The van der Waals surface area contributed by atoms with E-state index in [1.807, 2.05) is 31.2 Å². The number of ether oxygens (including phenoxy) is 1. The van der Waals surface area contributed by atoms with Gasteiger partial charge < -0.3 is 14.9 Å². The van der Waals surface area contributed by atoms with Crippen molar-refractivity contribution in [1.82, 2.24) is 0 Å². The molecule has 0 spiro atoms. The van der Waals surface area contributed by atoms with Crippen LogP contribution in [0.5, 0.6) is 0 Å². The van der Waals surface area contributed by atoms with Crippen molar-refractivity contribution in [3.8, 4) is 0 Å². The number of esters is 1. The summed E-state index contributed by atoms with van der Waals surface area (Å²) in [5.74, 6) is 0.475. The molecule has 0 radical (unpaired) electrons. The highest BCUT2D eigenvalue weighted by molar-refractivity contribution is 5.83. The fraction of sp³-hybridized carbons (Fsp3) is 0.357. The van der Waals surface area contributed by atoms with E-state index in [9.17, 15) is 4.79 Å². The smallest absolute Gasteiger partial charge is 0.307 e. The Balaban J connectivity index is 2.29. The van der Waals surface area contributed by atoms with Crippen LogP contribution in [-0.4, -0.2) is 12.6 Å². The van der Waals surface area contributed by atoms with Crippen LogP contribution in [-0.2, 0) is 9.53 Å². The van der Waals surface area contributed by atoms with Crippen LogP contribution in [0.15, 0.2) is 28.7 Å². The fourth-order valence-electron chi connectivity index (χ4n) is 2.15. The third kappa shape index (κ3) is 2.38. The molecule has 0 unspecified atom stereocenters. The zero-order chi connectivity index (χ0) is 13.1. The molecular weight excluding hydrogens is 230 g/mol. The molecule has 1 aromatic carbocycles. The van der Waals surface area contributed by atoms with Crippen LogP contribution < -0.4 is 5.73 Å². The average Bonchev–Trinajstić information content (AvgIpc) is 2.64. The number of carbonyl (C=O) groups excluding carboxylic acids is 1. The van der Waals surface area contributed by atoms with Crippen molar-refractivity contribution in [2.24, 2.45) is 5.73 Å². The number of para-hydroxylation sites is 1. The molecule has 4 heteroatoms. The highest BCUT2D eigenvalue weighted by Gasteiger charge is 2.20. The summed E-state index contributed by atoms with van der Waals surface area (Å²) < 4.78 is 10.5. The predicted molar refractivity (Wildman–Crippen MR) is 69.1 cm³/mol. The van der Waals surface area contributed by atoms with E-state index in [-0.39, 0.29) is 12.4 Å². The first kappa shape index (κ1) is 12.6. The van der Waals surface area contributed by atoms with E-state index >= 15 is 0 Å². The van der Waals surface area contributed by atoms with Gasteiger partial charge >= 0.3 is 5.97 Å². The Morgan fingerprint density at radius 2 is 2.17 bits per heavy atom. The number of carbonyl (C=O) groups is 1. The summed E-state index contributed by atoms with van der Waals surface area (Å²) in [6.07, 6.45) is 0.165. The van der Waals surface area contributed by atoms with Crippen LogP contribution in [0.1, 0.15) is 30.7 Å². The molecule has 0 aliphatic carbocycles. The third-order valence-electron chi connectivity index (χ3n) is 2.88. The Morgan fingerprint density at radius 3 is 2.89 bits per heavy atom. The summed E-state index contributed by atoms with van der Waals surface area (Å²) in [6, 6.07) is 7.28. The number of benzene rings is 1. The molecule has 0 amide bonds. The van der Waals surface area contributed by atoms with Crippen LogP contribution in [0.4, 0.5) is 0 Å². The maximum Gasteiger partial charge on any atom is 0.307 e. The van der Waals surface area contributed by atoms with E-state index in [2.05, 4.69) is 0 Å². The van der Waals surface area contributed by atoms with Gasteiger partial charge in [0.15, 0.2) is 0 Å². The zero-order valence-corrected chi connectivity index (χ0v) is 10.6. The fourth-order valence-corrected chi connectivity index (χ4v) is 2.15. The largest absolute Gasteiger partial charge is 0.466 e. The minimum Gasteiger partial charge on any atom is -0.466 e. The van der Waals surface area contributed by atoms with Crippen LogP contribution in [0.25, 0.3) is 11.0 Å². The van der Waals surface area contributed by atoms with E-state index in [0.29, 0.717) is 6.61 Å². The van der Waals surface area contributed by atoms with Gasteiger partial charge in [-0.1, -0.05) is 18.2 Å². The summed E-state index contributed by atoms with van der Waals surface area (Å²) in [5, 5.41) is 0.965. The standard InChI is InChI=1S/C14H17NO3/c1-3-17-13(16)8-11(15)14-9(2)18-12-7-5-4-6-10(12)14/h4-7,11H,3,8,15H2,1-2H3/t11-/m1/s1. The molecule has 2 aromatic rings. The van der Waals surface area contributed by atoms with E-state index < -0.39 is 6.04 Å². The van der Waals surface area contributed by atoms with Crippen LogP contribution >= 0.6 is 0 Å². The zero-order valence-electron chi connectivity index (χ0n) is 10.6. The number of furan rings is 1. The lowest BCUT2D eigenvalue weighted by atomic mass is 10.0. The highest BCUT2D eigenvalue weighted by Crippen LogP contribution is 2.30. The number of hydrogen-bond donors (Lipinski definition) is 1. The quantitative estimate of drug-likeness (QED) is 0.843. The topological polar surface area (TPSA) is 65.5 Å². The van der Waals surface area contributed by atoms with Crippen molar-refractivity contribution >= 4 is 16.9 Å². The maximum atomic E-state index is 11.5. The summed E-state index contributed by atoms with van der Waals surface area (Å²) in [5.41, 5.74) is 7.76. The summed E-state index contributed by atoms with van der Waals surface area (Å²) in [7, 11) is 0. The van der Waals surface area contributed by atoms with Crippen molar-refractivity contribution < 1.29 is 13.9 Å². The van der Waals surface area contributed by atoms with Crippen molar-refractivity contribution in [3.63, 3.8) is 0 Å². The number of fused-ring (bicyclic) bond motifs is 1. The molecule has 0 saturated heterocycles. The van der Waals surface area contributed by atoms with Crippen LogP contribution in [0, 0.1) is 6.92 Å². The van der Waals surface area contributed by atoms with Gasteiger partial charge in [-0.15, -0.1) is 0 Å². The maximum absolute atomic E-state index is 11.5. The molecule has 0 saturated carbocycles. The molecular formula is C14H17NO3. The average molecular weight is 247 g/mol. The Bertz CT molecular complexity index is 559. The van der Waals surface area contributed by atoms with Gasteiger partial charge in [-0.3, -0.25) is 4.79 Å². The first-order valence-electron chi connectivity index (χ1n) is 6.02. The molecule has 1 aromatic heterocycles. The molecule has 18 heavy (non-hydrogen) atoms. The second kappa shape index (κ2) is 5.23. The molecule has 1 atom stereocenters. The molecule has 4 nitrogen and oxygen atoms in total. The molecule has 0 aliphatic heterocycles. The predicted octanol–water partition coefficient (Wildman–Crippen LogP) is 2.69. The summed E-state index contributed by atoms with van der Waals surface area (Å²) in [6.45, 7) is 4.01. The normalized spacial score (nSPS) is 12.6. The number of aryl methyl sites for hydroxylation is 1. The number of hydrogen-bond acceptors (Lipinski definition) is 4. The third-order valence-corrected chi connectivity index (χ3v) is 2.88. The van der Waals surface area contributed by atoms with Gasteiger partial charge in [0.1, 0.15) is 11.3 Å². The molecule has 0 fully saturated rings. The molecule has 96 valence electrons. The van der Waals surface area contributed by atoms with Gasteiger partial charge in [-0.2, -0.15) is 0 Å². The second-order valence-corrected chi connectivity index (χ2v) is 4.18. The Labute approximate surface area is 106 Å². The van der Waals surface area contributed by atoms with E-state index in [1.54, 1.807) is 6.92 Å². The molecule has 0 aliphatic rings. The lowest BCUT2D eigenvalue weighted by Crippen LogP contribution is -2.17. The van der Waals surface area contributed by atoms with E-state index in [4.69, 9.17) is 14.9 Å². The van der Waals surface area contributed by atoms with Crippen molar-refractivity contribution in [2.45, 2.75) is 26.3 Å². The molecule has 1 heterocycles. The first-order chi connectivity index (χ1) is 8.63. The van der Waals surface area contributed by atoms with Crippen LogP contribution in [0.3, 0.4) is 0 Å². The minimum atomic E-state index is -0.396. The monoisotopic (exact) mass is 247 g/mol. The van der Waals surface area contributed by atoms with Gasteiger partial charge in [0.25, 0.3) is 0 Å². The van der Waals surface area contributed by atoms with Gasteiger partial charge in [-0.25, -0.2) is 0 Å². The lowest BCUT2D eigenvalue weighted by molar-refractivity contribution is -0.143. The summed E-state index contributed by atoms with van der Waals surface area (Å²) >= 11 is 0. The van der Waals surface area contributed by atoms with Gasteiger partial charge in [0.2, 0.25) is 0 Å². The van der Waals surface area contributed by atoms with Gasteiger partial charge in [0.05, 0.1) is 13.0 Å². The SMILES string of the molecule is CCOC(=O)C[C@@H](N)c1c(C)oc2ccccc12. The van der Waals surface area contributed by atoms with Crippen molar-refractivity contribution in [3.05, 3.63) is 35.6 Å². The Hall–Kier alpha value is -1.81. The lowest BCUT2D eigenvalue weighted by Gasteiger charge is -2.10.